The maximum atomic E-state index is 13.1. The molecule has 8 heteroatoms. The van der Waals surface area contributed by atoms with Crippen molar-refractivity contribution in [3.8, 4) is 0 Å². The number of likely N-dealkylation sites (N-methyl/N-ethyl adjacent to an activating group) is 1. The van der Waals surface area contributed by atoms with Crippen LogP contribution in [0.5, 0.6) is 0 Å². The Morgan fingerprint density at radius 3 is 2.34 bits per heavy atom. The summed E-state index contributed by atoms with van der Waals surface area (Å²) in [6, 6.07) is 10.2. The summed E-state index contributed by atoms with van der Waals surface area (Å²) in [6.45, 7) is 10.4. The van der Waals surface area contributed by atoms with E-state index in [4.69, 9.17) is 23.2 Å². The third kappa shape index (κ3) is 6.55. The lowest BCUT2D eigenvalue weighted by Gasteiger charge is -2.23. The zero-order valence-corrected chi connectivity index (χ0v) is 20.5. The van der Waals surface area contributed by atoms with E-state index in [1.807, 2.05) is 30.9 Å². The summed E-state index contributed by atoms with van der Waals surface area (Å²) in [6.07, 6.45) is 0. The fourth-order valence-corrected chi connectivity index (χ4v) is 3.46. The van der Waals surface area contributed by atoms with E-state index in [1.54, 1.807) is 39.0 Å². The number of carbonyl (C=O) groups is 2. The van der Waals surface area contributed by atoms with Gasteiger partial charge in [-0.3, -0.25) is 9.59 Å². The topological polar surface area (TPSA) is 82.0 Å². The molecule has 0 aliphatic heterocycles. The second kappa shape index (κ2) is 10.9. The monoisotopic (exact) mass is 477 g/mol. The van der Waals surface area contributed by atoms with Gasteiger partial charge >= 0.3 is 0 Å². The van der Waals surface area contributed by atoms with E-state index in [0.29, 0.717) is 22.9 Å². The van der Waals surface area contributed by atoms with Gasteiger partial charge in [-0.2, -0.15) is 0 Å². The highest BCUT2D eigenvalue weighted by atomic mass is 35.5. The van der Waals surface area contributed by atoms with E-state index in [2.05, 4.69) is 10.3 Å². The maximum absolute atomic E-state index is 13.1. The normalized spacial score (nSPS) is 11.9. The molecule has 32 heavy (non-hydrogen) atoms. The molecule has 0 radical (unpaired) electrons. The van der Waals surface area contributed by atoms with Gasteiger partial charge in [0.15, 0.2) is 11.5 Å². The molecule has 1 amide bonds. The third-order valence-electron chi connectivity index (χ3n) is 4.82. The number of aliphatic hydroxyl groups is 1. The van der Waals surface area contributed by atoms with Crippen LogP contribution in [0.1, 0.15) is 33.3 Å². The largest absolute Gasteiger partial charge is 0.395 e. The average molecular weight is 478 g/mol. The van der Waals surface area contributed by atoms with Crippen molar-refractivity contribution in [2.24, 2.45) is 10.4 Å². The van der Waals surface area contributed by atoms with Gasteiger partial charge in [-0.05, 0) is 55.8 Å². The van der Waals surface area contributed by atoms with Crippen LogP contribution in [0, 0.1) is 12.3 Å². The van der Waals surface area contributed by atoms with Crippen LogP contribution in [0.15, 0.2) is 41.4 Å². The molecule has 0 spiro atoms. The number of halogens is 2. The highest BCUT2D eigenvalue weighted by Crippen LogP contribution is 2.28. The number of aliphatic imine (C=N–C) groups is 1. The molecular weight excluding hydrogens is 449 g/mol. The number of Topliss-reactive ketones (excluding diaryl/α,β-unsaturated/α-hetero) is 1. The minimum absolute atomic E-state index is 0.0461. The van der Waals surface area contributed by atoms with E-state index in [9.17, 15) is 14.7 Å². The number of ketones is 1. The van der Waals surface area contributed by atoms with E-state index >= 15 is 0 Å². The smallest absolute Gasteiger partial charge is 0.278 e. The van der Waals surface area contributed by atoms with Gasteiger partial charge in [-0.1, -0.05) is 44.0 Å². The molecule has 0 unspecified atom stereocenters. The van der Waals surface area contributed by atoms with E-state index in [1.165, 1.54) is 6.07 Å². The molecule has 2 N–H and O–H groups in total. The maximum Gasteiger partial charge on any atom is 0.278 e. The number of nitrogens with zero attached hydrogens (tertiary/aromatic N) is 2. The molecule has 2 aromatic carbocycles. The van der Waals surface area contributed by atoms with Gasteiger partial charge in [0, 0.05) is 29.2 Å². The van der Waals surface area contributed by atoms with Crippen molar-refractivity contribution in [1.82, 2.24) is 0 Å². The Morgan fingerprint density at radius 2 is 1.81 bits per heavy atom. The van der Waals surface area contributed by atoms with Gasteiger partial charge in [0.1, 0.15) is 0 Å². The van der Waals surface area contributed by atoms with Crippen molar-refractivity contribution in [1.29, 1.82) is 0 Å². The summed E-state index contributed by atoms with van der Waals surface area (Å²) in [4.78, 5) is 32.6. The Bertz CT molecular complexity index is 1030. The molecule has 0 fully saturated rings. The second-order valence-electron chi connectivity index (χ2n) is 8.39. The summed E-state index contributed by atoms with van der Waals surface area (Å²) < 4.78 is 0. The van der Waals surface area contributed by atoms with Crippen LogP contribution in [-0.4, -0.2) is 42.2 Å². The minimum Gasteiger partial charge on any atom is -0.395 e. The van der Waals surface area contributed by atoms with Gasteiger partial charge in [-0.15, -0.1) is 0 Å². The summed E-state index contributed by atoms with van der Waals surface area (Å²) in [5.74, 6) is -1.04. The molecule has 0 atom stereocenters. The molecule has 0 heterocycles. The predicted molar refractivity (Wildman–Crippen MR) is 133 cm³/mol. The lowest BCUT2D eigenvalue weighted by molar-refractivity contribution is -0.121. The van der Waals surface area contributed by atoms with Crippen molar-refractivity contribution in [3.05, 3.63) is 52.0 Å². The standard InChI is InChI=1S/C24H29Cl2N3O3/c1-6-29(11-12-30)17-8-10-19(15(2)13-17)27-21(22(31)24(3,4)5)23(32)28-20-9-7-16(25)14-18(20)26/h7-10,13-14,30H,6,11-12H2,1-5H3,(H,28,32). The molecule has 0 saturated carbocycles. The van der Waals surface area contributed by atoms with Crippen molar-refractivity contribution in [3.63, 3.8) is 0 Å². The van der Waals surface area contributed by atoms with Crippen molar-refractivity contribution < 1.29 is 14.7 Å². The number of rotatable bonds is 8. The van der Waals surface area contributed by atoms with Crippen LogP contribution in [0.25, 0.3) is 0 Å². The zero-order valence-electron chi connectivity index (χ0n) is 19.0. The molecule has 6 nitrogen and oxygen atoms in total. The second-order valence-corrected chi connectivity index (χ2v) is 9.24. The Kier molecular flexibility index (Phi) is 8.84. The molecule has 0 aliphatic carbocycles. The number of carbonyl (C=O) groups excluding carboxylic acids is 2. The number of benzene rings is 2. The fraction of sp³-hybridized carbons (Fsp3) is 0.375. The number of amides is 1. The molecule has 172 valence electrons. The minimum atomic E-state index is -0.812. The number of anilines is 2. The molecule has 0 bridgehead atoms. The highest BCUT2D eigenvalue weighted by Gasteiger charge is 2.31. The van der Waals surface area contributed by atoms with E-state index in [0.717, 1.165) is 17.8 Å². The predicted octanol–water partition coefficient (Wildman–Crippen LogP) is 5.45. The summed E-state index contributed by atoms with van der Waals surface area (Å²) in [7, 11) is 0. The van der Waals surface area contributed by atoms with Crippen LogP contribution in [-0.2, 0) is 9.59 Å². The molecule has 2 aromatic rings. The Morgan fingerprint density at radius 1 is 1.12 bits per heavy atom. The first-order chi connectivity index (χ1) is 15.0. The average Bonchev–Trinajstić information content (AvgIpc) is 2.72. The van der Waals surface area contributed by atoms with Crippen LogP contribution in [0.2, 0.25) is 10.0 Å². The van der Waals surface area contributed by atoms with Crippen molar-refractivity contribution in [2.75, 3.05) is 29.9 Å². The summed E-state index contributed by atoms with van der Waals surface area (Å²) >= 11 is 12.1. The highest BCUT2D eigenvalue weighted by molar-refractivity contribution is 6.68. The number of nitrogens with one attached hydrogen (secondary N) is 1. The number of hydrogen-bond acceptors (Lipinski definition) is 5. The van der Waals surface area contributed by atoms with Gasteiger partial charge in [-0.25, -0.2) is 4.99 Å². The van der Waals surface area contributed by atoms with Crippen molar-refractivity contribution in [2.45, 2.75) is 34.6 Å². The molecule has 0 aromatic heterocycles. The fourth-order valence-electron chi connectivity index (χ4n) is 3.00. The zero-order chi connectivity index (χ0) is 24.1. The first-order valence-electron chi connectivity index (χ1n) is 10.3. The first-order valence-corrected chi connectivity index (χ1v) is 11.1. The molecule has 0 aliphatic rings. The summed E-state index contributed by atoms with van der Waals surface area (Å²) in [5, 5.41) is 12.6. The number of aliphatic hydroxyl groups excluding tert-OH is 1. The van der Waals surface area contributed by atoms with Crippen LogP contribution in [0.4, 0.5) is 17.1 Å². The van der Waals surface area contributed by atoms with Crippen LogP contribution >= 0.6 is 23.2 Å². The molecular formula is C24H29Cl2N3O3. The van der Waals surface area contributed by atoms with E-state index in [-0.39, 0.29) is 23.1 Å². The Labute approximate surface area is 199 Å². The van der Waals surface area contributed by atoms with E-state index < -0.39 is 11.3 Å². The lowest BCUT2D eigenvalue weighted by Crippen LogP contribution is -2.37. The Balaban J connectivity index is 2.46. The SMILES string of the molecule is CCN(CCO)c1ccc(N=C(C(=O)Nc2ccc(Cl)cc2Cl)C(=O)C(C)(C)C)c(C)c1. The Hall–Kier alpha value is -2.41. The van der Waals surface area contributed by atoms with Gasteiger partial charge in [0.05, 0.1) is 23.0 Å². The lowest BCUT2D eigenvalue weighted by atomic mass is 9.87. The van der Waals surface area contributed by atoms with Gasteiger partial charge in [0.25, 0.3) is 5.91 Å². The number of aryl methyl sites for hydroxylation is 1. The van der Waals surface area contributed by atoms with Crippen molar-refractivity contribution >= 4 is 57.7 Å². The third-order valence-corrected chi connectivity index (χ3v) is 5.37. The van der Waals surface area contributed by atoms with Gasteiger partial charge in [0.2, 0.25) is 0 Å². The van der Waals surface area contributed by atoms with Crippen LogP contribution < -0.4 is 10.2 Å². The number of hydrogen-bond donors (Lipinski definition) is 2. The quantitative estimate of drug-likeness (QED) is 0.391. The van der Waals surface area contributed by atoms with Gasteiger partial charge < -0.3 is 15.3 Å². The summed E-state index contributed by atoms with van der Waals surface area (Å²) in [5.41, 5.74) is 1.56. The molecule has 0 saturated heterocycles. The first kappa shape index (κ1) is 25.8. The molecule has 2 rings (SSSR count). The van der Waals surface area contributed by atoms with Crippen LogP contribution in [0.3, 0.4) is 0 Å².